The van der Waals surface area contributed by atoms with Crippen LogP contribution >= 0.6 is 11.6 Å². The van der Waals surface area contributed by atoms with Crippen LogP contribution in [0.5, 0.6) is 0 Å². The van der Waals surface area contributed by atoms with Crippen LogP contribution in [0, 0.1) is 11.7 Å². The monoisotopic (exact) mass is 428 g/mol. The smallest absolute Gasteiger partial charge is 0.124 e. The van der Waals surface area contributed by atoms with Crippen molar-refractivity contribution in [3.05, 3.63) is 106 Å². The van der Waals surface area contributed by atoms with Crippen LogP contribution in [0.2, 0.25) is 5.02 Å². The van der Waals surface area contributed by atoms with Crippen LogP contribution in [0.15, 0.2) is 72.9 Å². The third-order valence-corrected chi connectivity index (χ3v) is 6.08. The summed E-state index contributed by atoms with van der Waals surface area (Å²) in [4.78, 5) is 0. The third kappa shape index (κ3) is 3.94. The number of hydrogen-bond donors (Lipinski definition) is 1. The van der Waals surface area contributed by atoms with E-state index in [1.807, 2.05) is 25.3 Å². The summed E-state index contributed by atoms with van der Waals surface area (Å²) in [5.74, 6) is 0.0918. The van der Waals surface area contributed by atoms with Crippen molar-refractivity contribution in [1.29, 1.82) is 0 Å². The normalized spacial score (nSPS) is 14.9. The molecule has 1 heterocycles. The second-order valence-electron chi connectivity index (χ2n) is 7.98. The Bertz CT molecular complexity index is 1310. The van der Waals surface area contributed by atoms with Crippen LogP contribution in [-0.2, 0) is 0 Å². The predicted octanol–water partition coefficient (Wildman–Crippen LogP) is 7.76. The van der Waals surface area contributed by atoms with Crippen LogP contribution in [0.4, 0.5) is 4.39 Å². The molecule has 1 saturated carbocycles. The van der Waals surface area contributed by atoms with E-state index in [1.165, 1.54) is 17.7 Å². The highest BCUT2D eigenvalue weighted by Gasteiger charge is 2.31. The quantitative estimate of drug-likeness (QED) is 0.323. The Morgan fingerprint density at radius 2 is 1.81 bits per heavy atom. The summed E-state index contributed by atoms with van der Waals surface area (Å²) in [6, 6.07) is 19.6. The van der Waals surface area contributed by atoms with E-state index in [0.717, 1.165) is 51.6 Å². The molecule has 1 aromatic heterocycles. The maximum Gasteiger partial charge on any atom is 0.124 e. The second-order valence-corrected chi connectivity index (χ2v) is 8.39. The van der Waals surface area contributed by atoms with Crippen molar-refractivity contribution in [2.75, 3.05) is 0 Å². The molecule has 0 unspecified atom stereocenters. The molecule has 154 valence electrons. The first-order valence-corrected chi connectivity index (χ1v) is 10.9. The van der Waals surface area contributed by atoms with Gasteiger partial charge in [-0.1, -0.05) is 60.2 Å². The summed E-state index contributed by atoms with van der Waals surface area (Å²) >= 11 is 6.56. The van der Waals surface area contributed by atoms with E-state index in [9.17, 15) is 4.39 Å². The molecule has 1 aliphatic rings. The van der Waals surface area contributed by atoms with E-state index in [-0.39, 0.29) is 5.82 Å². The molecular weight excluding hydrogens is 407 g/mol. The number of aromatic amines is 1. The number of hydrogen-bond acceptors (Lipinski definition) is 1. The van der Waals surface area contributed by atoms with Crippen molar-refractivity contribution in [2.45, 2.75) is 19.8 Å². The summed E-state index contributed by atoms with van der Waals surface area (Å²) in [6.45, 7) is 2.01. The van der Waals surface area contributed by atoms with Gasteiger partial charge in [0.15, 0.2) is 0 Å². The molecule has 4 aromatic rings. The Balaban J connectivity index is 1.78. The lowest BCUT2D eigenvalue weighted by molar-refractivity contribution is 0.627. The first kappa shape index (κ1) is 19.8. The van der Waals surface area contributed by atoms with Crippen molar-refractivity contribution in [3.8, 4) is 0 Å². The van der Waals surface area contributed by atoms with E-state index in [2.05, 4.69) is 58.7 Å². The number of allylic oxidation sites excluding steroid dienone is 2. The highest BCUT2D eigenvalue weighted by molar-refractivity contribution is 6.32. The molecular formula is C27H22ClFN2. The van der Waals surface area contributed by atoms with E-state index in [0.29, 0.717) is 10.9 Å². The zero-order valence-corrected chi connectivity index (χ0v) is 18.0. The van der Waals surface area contributed by atoms with E-state index >= 15 is 0 Å². The molecule has 0 aliphatic heterocycles. The summed E-state index contributed by atoms with van der Waals surface area (Å²) < 4.78 is 13.8. The molecule has 1 aliphatic carbocycles. The molecule has 0 spiro atoms. The van der Waals surface area contributed by atoms with E-state index in [1.54, 1.807) is 0 Å². The third-order valence-electron chi connectivity index (χ3n) is 5.76. The van der Waals surface area contributed by atoms with Crippen LogP contribution in [-0.4, -0.2) is 10.2 Å². The van der Waals surface area contributed by atoms with Gasteiger partial charge in [-0.05, 0) is 83.3 Å². The highest BCUT2D eigenvalue weighted by Crippen LogP contribution is 2.49. The molecule has 1 fully saturated rings. The highest BCUT2D eigenvalue weighted by atomic mass is 35.5. The fourth-order valence-corrected chi connectivity index (χ4v) is 4.44. The Morgan fingerprint density at radius 3 is 2.52 bits per heavy atom. The molecule has 1 N–H and O–H groups in total. The van der Waals surface area contributed by atoms with Crippen LogP contribution in [0.25, 0.3) is 28.1 Å². The van der Waals surface area contributed by atoms with Gasteiger partial charge in [0.05, 0.1) is 16.7 Å². The zero-order valence-electron chi connectivity index (χ0n) is 17.2. The van der Waals surface area contributed by atoms with Crippen molar-refractivity contribution < 1.29 is 4.39 Å². The zero-order chi connectivity index (χ0) is 21.4. The molecule has 2 nitrogen and oxygen atoms in total. The van der Waals surface area contributed by atoms with Crippen molar-refractivity contribution in [1.82, 2.24) is 10.2 Å². The predicted molar refractivity (Wildman–Crippen MR) is 127 cm³/mol. The number of aromatic nitrogens is 2. The number of benzene rings is 3. The van der Waals surface area contributed by atoms with E-state index in [4.69, 9.17) is 11.6 Å². The summed E-state index contributed by atoms with van der Waals surface area (Å²) in [5, 5.41) is 8.70. The minimum Gasteiger partial charge on any atom is -0.278 e. The summed E-state index contributed by atoms with van der Waals surface area (Å²) in [6.07, 6.45) is 8.18. The lowest BCUT2D eigenvalue weighted by atomic mass is 9.86. The van der Waals surface area contributed by atoms with Gasteiger partial charge in [-0.25, -0.2) is 4.39 Å². The molecule has 0 atom stereocenters. The Labute approximate surface area is 186 Å². The van der Waals surface area contributed by atoms with Gasteiger partial charge in [-0.3, -0.25) is 5.10 Å². The molecule has 31 heavy (non-hydrogen) atoms. The van der Waals surface area contributed by atoms with Gasteiger partial charge in [-0.2, -0.15) is 5.10 Å². The number of nitrogens with zero attached hydrogens (tertiary/aromatic N) is 1. The van der Waals surface area contributed by atoms with Gasteiger partial charge in [0.2, 0.25) is 0 Å². The van der Waals surface area contributed by atoms with Crippen LogP contribution < -0.4 is 0 Å². The molecule has 5 rings (SSSR count). The fourth-order valence-electron chi connectivity index (χ4n) is 4.17. The first-order valence-electron chi connectivity index (χ1n) is 10.5. The Kier molecular flexibility index (Phi) is 5.21. The van der Waals surface area contributed by atoms with Crippen molar-refractivity contribution in [2.24, 2.45) is 5.92 Å². The van der Waals surface area contributed by atoms with Gasteiger partial charge in [0.25, 0.3) is 0 Å². The van der Waals surface area contributed by atoms with Gasteiger partial charge in [0, 0.05) is 5.39 Å². The van der Waals surface area contributed by atoms with Crippen molar-refractivity contribution in [3.63, 3.8) is 0 Å². The molecule has 0 radical (unpaired) electrons. The van der Waals surface area contributed by atoms with Gasteiger partial charge in [0.1, 0.15) is 5.82 Å². The Hall–Kier alpha value is -3.17. The number of halogens is 2. The average molecular weight is 429 g/mol. The summed E-state index contributed by atoms with van der Waals surface area (Å²) in [7, 11) is 0. The standard InChI is InChI=1S/C27H22ClFN2/c1-2-3-17-4-6-18(7-5-17)26(20-10-13-25-21(14-20)16-30-31-25)27(19-8-9-19)23-12-11-22(29)15-24(23)28/h2-7,10-16,19H,8-9H2,1H3,(H,30,31)/b3-2+,27-26+. The number of fused-ring (bicyclic) bond motifs is 1. The lowest BCUT2D eigenvalue weighted by Crippen LogP contribution is -1.99. The minimum atomic E-state index is -0.319. The number of H-pyrrole nitrogens is 1. The van der Waals surface area contributed by atoms with Gasteiger partial charge < -0.3 is 0 Å². The van der Waals surface area contributed by atoms with Gasteiger partial charge >= 0.3 is 0 Å². The number of rotatable bonds is 5. The first-order chi connectivity index (χ1) is 15.1. The van der Waals surface area contributed by atoms with E-state index < -0.39 is 0 Å². The lowest BCUT2D eigenvalue weighted by Gasteiger charge is -2.18. The molecule has 3 aromatic carbocycles. The second kappa shape index (κ2) is 8.16. The van der Waals surface area contributed by atoms with Crippen molar-refractivity contribution >= 4 is 39.7 Å². The maximum absolute atomic E-state index is 13.8. The van der Waals surface area contributed by atoms with Gasteiger partial charge in [-0.15, -0.1) is 0 Å². The topological polar surface area (TPSA) is 28.7 Å². The number of nitrogens with one attached hydrogen (secondary N) is 1. The largest absolute Gasteiger partial charge is 0.278 e. The molecule has 0 saturated heterocycles. The molecule has 4 heteroatoms. The van der Waals surface area contributed by atoms with Crippen LogP contribution in [0.3, 0.4) is 0 Å². The Morgan fingerprint density at radius 1 is 1.03 bits per heavy atom. The maximum atomic E-state index is 13.8. The molecule has 0 amide bonds. The van der Waals surface area contributed by atoms with Crippen LogP contribution in [0.1, 0.15) is 42.0 Å². The average Bonchev–Trinajstić information content (AvgIpc) is 3.50. The minimum absolute atomic E-state index is 0.319. The SMILES string of the molecule is C/C=C/c1ccc(/C(=C(\c2ccc(F)cc2Cl)C2CC2)c2ccc3[nH]ncc3c2)cc1. The molecule has 0 bridgehead atoms. The fraction of sp³-hybridized carbons (Fsp3) is 0.148. The summed E-state index contributed by atoms with van der Waals surface area (Å²) in [5.41, 5.74) is 7.62.